The van der Waals surface area contributed by atoms with Crippen LogP contribution in [0.25, 0.3) is 0 Å². The van der Waals surface area contributed by atoms with Gasteiger partial charge in [0.2, 0.25) is 17.7 Å². The third-order valence-electron chi connectivity index (χ3n) is 5.44. The van der Waals surface area contributed by atoms with Gasteiger partial charge in [-0.3, -0.25) is 14.4 Å². The van der Waals surface area contributed by atoms with Crippen molar-refractivity contribution in [3.63, 3.8) is 0 Å². The van der Waals surface area contributed by atoms with Crippen LogP contribution in [0.3, 0.4) is 0 Å². The lowest BCUT2D eigenvalue weighted by atomic mass is 10.1. The number of anilines is 2. The Labute approximate surface area is 170 Å². The van der Waals surface area contributed by atoms with Crippen LogP contribution >= 0.6 is 0 Å². The fourth-order valence-corrected chi connectivity index (χ4v) is 3.58. The van der Waals surface area contributed by atoms with Crippen molar-refractivity contribution in [3.05, 3.63) is 60.2 Å². The fourth-order valence-electron chi connectivity index (χ4n) is 3.58. The van der Waals surface area contributed by atoms with Crippen molar-refractivity contribution in [2.24, 2.45) is 11.8 Å². The number of carbonyl (C=O) groups is 3. The second-order valence-corrected chi connectivity index (χ2v) is 7.81. The topological polar surface area (TPSA) is 78.5 Å². The second kappa shape index (κ2) is 8.47. The molecule has 6 nitrogen and oxygen atoms in total. The Morgan fingerprint density at radius 1 is 0.897 bits per heavy atom. The lowest BCUT2D eigenvalue weighted by molar-refractivity contribution is -0.128. The summed E-state index contributed by atoms with van der Waals surface area (Å²) in [6.07, 6.45) is 2.90. The molecule has 1 aliphatic carbocycles. The van der Waals surface area contributed by atoms with E-state index in [2.05, 4.69) is 10.6 Å². The van der Waals surface area contributed by atoms with Crippen LogP contribution in [0, 0.1) is 11.8 Å². The molecule has 0 radical (unpaired) electrons. The van der Waals surface area contributed by atoms with Gasteiger partial charge in [-0.05, 0) is 43.0 Å². The molecule has 2 aromatic rings. The lowest BCUT2D eigenvalue weighted by Gasteiger charge is -2.16. The van der Waals surface area contributed by atoms with E-state index in [4.69, 9.17) is 0 Å². The molecular formula is C23H25N3O3. The molecule has 0 aromatic heterocycles. The Hall–Kier alpha value is -3.15. The van der Waals surface area contributed by atoms with Gasteiger partial charge in [-0.25, -0.2) is 0 Å². The van der Waals surface area contributed by atoms with E-state index in [-0.39, 0.29) is 36.0 Å². The maximum atomic E-state index is 12.7. The number of rotatable bonds is 7. The summed E-state index contributed by atoms with van der Waals surface area (Å²) < 4.78 is 0. The van der Waals surface area contributed by atoms with Gasteiger partial charge in [-0.1, -0.05) is 36.4 Å². The Morgan fingerprint density at radius 3 is 2.21 bits per heavy atom. The van der Waals surface area contributed by atoms with Crippen LogP contribution in [-0.2, 0) is 20.8 Å². The Morgan fingerprint density at radius 2 is 1.55 bits per heavy atom. The molecule has 0 spiro atoms. The van der Waals surface area contributed by atoms with Crippen molar-refractivity contribution in [1.29, 1.82) is 0 Å². The summed E-state index contributed by atoms with van der Waals surface area (Å²) in [6.45, 7) is 1.06. The summed E-state index contributed by atoms with van der Waals surface area (Å²) >= 11 is 0. The number of nitrogens with one attached hydrogen (secondary N) is 2. The minimum absolute atomic E-state index is 0.0199. The highest BCUT2D eigenvalue weighted by Crippen LogP contribution is 2.30. The number of hydrogen-bond acceptors (Lipinski definition) is 3. The van der Waals surface area contributed by atoms with Crippen LogP contribution in [0.1, 0.15) is 24.8 Å². The molecule has 1 unspecified atom stereocenters. The zero-order valence-electron chi connectivity index (χ0n) is 16.3. The maximum absolute atomic E-state index is 12.7. The van der Waals surface area contributed by atoms with Gasteiger partial charge in [-0.15, -0.1) is 0 Å². The van der Waals surface area contributed by atoms with E-state index in [1.54, 1.807) is 29.2 Å². The number of carbonyl (C=O) groups excluding carboxylic acids is 3. The summed E-state index contributed by atoms with van der Waals surface area (Å²) in [6, 6.07) is 17.2. The summed E-state index contributed by atoms with van der Waals surface area (Å²) in [4.78, 5) is 38.6. The van der Waals surface area contributed by atoms with Gasteiger partial charge >= 0.3 is 0 Å². The van der Waals surface area contributed by atoms with Crippen LogP contribution in [0.5, 0.6) is 0 Å². The van der Waals surface area contributed by atoms with Crippen molar-refractivity contribution in [1.82, 2.24) is 4.90 Å². The average molecular weight is 391 g/mol. The van der Waals surface area contributed by atoms with Crippen LogP contribution in [0.4, 0.5) is 11.4 Å². The first-order chi connectivity index (χ1) is 14.1. The van der Waals surface area contributed by atoms with Crippen molar-refractivity contribution in [3.8, 4) is 0 Å². The molecule has 4 rings (SSSR count). The SMILES string of the molecule is O=C(Nc1cccc(NC(=O)C2CC(=O)N(CCc3ccccc3)C2)c1)C1CC1. The molecule has 1 aliphatic heterocycles. The van der Waals surface area contributed by atoms with Gasteiger partial charge < -0.3 is 15.5 Å². The summed E-state index contributed by atoms with van der Waals surface area (Å²) in [5.41, 5.74) is 2.48. The first-order valence-corrected chi connectivity index (χ1v) is 10.1. The van der Waals surface area contributed by atoms with Crippen molar-refractivity contribution in [2.45, 2.75) is 25.7 Å². The number of nitrogens with zero attached hydrogens (tertiary/aromatic N) is 1. The van der Waals surface area contributed by atoms with E-state index in [0.717, 1.165) is 19.3 Å². The van der Waals surface area contributed by atoms with Crippen LogP contribution in [0.15, 0.2) is 54.6 Å². The van der Waals surface area contributed by atoms with E-state index in [1.165, 1.54) is 5.56 Å². The fraction of sp³-hybridized carbons (Fsp3) is 0.348. The first kappa shape index (κ1) is 19.2. The predicted molar refractivity (Wildman–Crippen MR) is 111 cm³/mol. The standard InChI is InChI=1S/C23H25N3O3/c27-21-13-18(15-26(21)12-11-16-5-2-1-3-6-16)23(29)25-20-8-4-7-19(14-20)24-22(28)17-9-10-17/h1-8,14,17-18H,9-13,15H2,(H,24,28)(H,25,29). The minimum atomic E-state index is -0.358. The molecule has 6 heteroatoms. The number of likely N-dealkylation sites (tertiary alicyclic amines) is 1. The molecule has 2 N–H and O–H groups in total. The molecular weight excluding hydrogens is 366 g/mol. The number of amides is 3. The average Bonchev–Trinajstić information content (AvgIpc) is 3.50. The molecule has 1 saturated carbocycles. The molecule has 1 heterocycles. The van der Waals surface area contributed by atoms with Crippen molar-refractivity contribution < 1.29 is 14.4 Å². The predicted octanol–water partition coefficient (Wildman–Crippen LogP) is 3.06. The Bertz CT molecular complexity index is 909. The normalized spacial score (nSPS) is 18.6. The summed E-state index contributed by atoms with van der Waals surface area (Å²) in [5.74, 6) is -0.343. The molecule has 150 valence electrons. The number of benzene rings is 2. The zero-order valence-corrected chi connectivity index (χ0v) is 16.3. The van der Waals surface area contributed by atoms with Gasteiger partial charge in [0.1, 0.15) is 0 Å². The molecule has 1 atom stereocenters. The first-order valence-electron chi connectivity index (χ1n) is 10.1. The van der Waals surface area contributed by atoms with E-state index >= 15 is 0 Å². The summed E-state index contributed by atoms with van der Waals surface area (Å²) in [5, 5.41) is 5.77. The Balaban J connectivity index is 1.30. The van der Waals surface area contributed by atoms with Crippen LogP contribution < -0.4 is 10.6 Å². The highest BCUT2D eigenvalue weighted by atomic mass is 16.2. The van der Waals surface area contributed by atoms with Gasteiger partial charge in [0.15, 0.2) is 0 Å². The molecule has 3 amide bonds. The van der Waals surface area contributed by atoms with Gasteiger partial charge in [0.05, 0.1) is 5.92 Å². The highest BCUT2D eigenvalue weighted by molar-refractivity contribution is 5.98. The van der Waals surface area contributed by atoms with E-state index < -0.39 is 0 Å². The van der Waals surface area contributed by atoms with Crippen molar-refractivity contribution in [2.75, 3.05) is 23.7 Å². The quantitative estimate of drug-likeness (QED) is 0.761. The van der Waals surface area contributed by atoms with Gasteiger partial charge in [-0.2, -0.15) is 0 Å². The smallest absolute Gasteiger partial charge is 0.229 e. The molecule has 2 aliphatic rings. The van der Waals surface area contributed by atoms with E-state index in [1.807, 2.05) is 30.3 Å². The molecule has 1 saturated heterocycles. The van der Waals surface area contributed by atoms with Crippen molar-refractivity contribution >= 4 is 29.1 Å². The maximum Gasteiger partial charge on any atom is 0.229 e. The van der Waals surface area contributed by atoms with Gasteiger partial charge in [0.25, 0.3) is 0 Å². The largest absolute Gasteiger partial charge is 0.342 e. The third kappa shape index (κ3) is 5.02. The monoisotopic (exact) mass is 391 g/mol. The Kier molecular flexibility index (Phi) is 5.60. The van der Waals surface area contributed by atoms with Crippen LogP contribution in [-0.4, -0.2) is 35.7 Å². The lowest BCUT2D eigenvalue weighted by Crippen LogP contribution is -2.30. The van der Waals surface area contributed by atoms with Gasteiger partial charge in [0, 0.05) is 36.8 Å². The van der Waals surface area contributed by atoms with Crippen LogP contribution in [0.2, 0.25) is 0 Å². The molecule has 0 bridgehead atoms. The summed E-state index contributed by atoms with van der Waals surface area (Å²) in [7, 11) is 0. The highest BCUT2D eigenvalue weighted by Gasteiger charge is 2.34. The molecule has 2 fully saturated rings. The molecule has 29 heavy (non-hydrogen) atoms. The third-order valence-corrected chi connectivity index (χ3v) is 5.44. The zero-order chi connectivity index (χ0) is 20.2. The second-order valence-electron chi connectivity index (χ2n) is 7.81. The van der Waals surface area contributed by atoms with E-state index in [0.29, 0.717) is 24.5 Å². The van der Waals surface area contributed by atoms with E-state index in [9.17, 15) is 14.4 Å². The number of hydrogen-bond donors (Lipinski definition) is 2. The molecule has 2 aromatic carbocycles. The minimum Gasteiger partial charge on any atom is -0.342 e.